The van der Waals surface area contributed by atoms with Gasteiger partial charge in [-0.05, 0) is 37.0 Å². The number of benzene rings is 1. The van der Waals surface area contributed by atoms with Crippen LogP contribution in [0.15, 0.2) is 24.3 Å². The molecule has 1 unspecified atom stereocenters. The molecule has 2 aliphatic rings. The molecule has 1 aliphatic carbocycles. The predicted octanol–water partition coefficient (Wildman–Crippen LogP) is 2.16. The van der Waals surface area contributed by atoms with E-state index in [4.69, 9.17) is 16.7 Å². The van der Waals surface area contributed by atoms with Crippen LogP contribution in [0.25, 0.3) is 0 Å². The van der Waals surface area contributed by atoms with Crippen molar-refractivity contribution >= 4 is 23.6 Å². The molecule has 1 heterocycles. The van der Waals surface area contributed by atoms with Gasteiger partial charge >= 0.3 is 6.09 Å². The van der Waals surface area contributed by atoms with Gasteiger partial charge in [-0.1, -0.05) is 23.7 Å². The number of halogens is 1. The molecule has 1 aliphatic heterocycles. The van der Waals surface area contributed by atoms with Gasteiger partial charge in [0.25, 0.3) is 0 Å². The number of nitrogens with zero attached hydrogens (tertiary/aromatic N) is 2. The third-order valence-electron chi connectivity index (χ3n) is 5.07. The number of amides is 2. The van der Waals surface area contributed by atoms with Crippen molar-refractivity contribution in [2.24, 2.45) is 0 Å². The summed E-state index contributed by atoms with van der Waals surface area (Å²) in [4.78, 5) is 27.0. The highest BCUT2D eigenvalue weighted by Gasteiger charge is 2.48. The van der Waals surface area contributed by atoms with Gasteiger partial charge < -0.3 is 20.0 Å². The van der Waals surface area contributed by atoms with E-state index >= 15 is 0 Å². The Morgan fingerprint density at radius 1 is 1.04 bits per heavy atom. The molecule has 24 heavy (non-hydrogen) atoms. The van der Waals surface area contributed by atoms with Crippen LogP contribution in [-0.2, 0) is 4.79 Å². The number of carboxylic acid groups (broad SMARTS) is 1. The number of carbonyl (C=O) groups is 2. The van der Waals surface area contributed by atoms with Gasteiger partial charge in [-0.3, -0.25) is 4.79 Å². The zero-order chi connectivity index (χ0) is 17.3. The molecular formula is C17H21ClN2O4. The van der Waals surface area contributed by atoms with Crippen LogP contribution in [0, 0.1) is 0 Å². The van der Waals surface area contributed by atoms with Crippen molar-refractivity contribution in [2.45, 2.75) is 30.8 Å². The van der Waals surface area contributed by atoms with Gasteiger partial charge in [-0.15, -0.1) is 0 Å². The van der Waals surface area contributed by atoms with Crippen molar-refractivity contribution < 1.29 is 19.8 Å². The van der Waals surface area contributed by atoms with Crippen LogP contribution < -0.4 is 0 Å². The minimum absolute atomic E-state index is 0.135. The molecule has 3 rings (SSSR count). The van der Waals surface area contributed by atoms with Crippen LogP contribution in [0.2, 0.25) is 5.02 Å². The molecule has 7 heteroatoms. The lowest BCUT2D eigenvalue weighted by atomic mass is 9.68. The van der Waals surface area contributed by atoms with Crippen molar-refractivity contribution in [1.29, 1.82) is 0 Å². The summed E-state index contributed by atoms with van der Waals surface area (Å²) in [6.07, 6.45) is 1.14. The molecule has 1 aromatic rings. The Balaban J connectivity index is 1.80. The second kappa shape index (κ2) is 6.61. The second-order valence-electron chi connectivity index (χ2n) is 6.54. The van der Waals surface area contributed by atoms with Gasteiger partial charge in [0.1, 0.15) is 0 Å². The lowest BCUT2D eigenvalue weighted by molar-refractivity contribution is -0.146. The van der Waals surface area contributed by atoms with E-state index in [0.717, 1.165) is 12.0 Å². The third kappa shape index (κ3) is 3.21. The summed E-state index contributed by atoms with van der Waals surface area (Å²) < 4.78 is 0. The number of piperazine rings is 1. The fourth-order valence-corrected chi connectivity index (χ4v) is 3.59. The maximum Gasteiger partial charge on any atom is 0.407 e. The van der Waals surface area contributed by atoms with Crippen molar-refractivity contribution in [2.75, 3.05) is 26.2 Å². The Bertz CT molecular complexity index is 622. The summed E-state index contributed by atoms with van der Waals surface area (Å²) in [7, 11) is 0. The van der Waals surface area contributed by atoms with Gasteiger partial charge in [0, 0.05) is 31.2 Å². The Hall–Kier alpha value is -1.79. The van der Waals surface area contributed by atoms with E-state index in [1.807, 2.05) is 0 Å². The fraction of sp³-hybridized carbons (Fsp3) is 0.529. The Morgan fingerprint density at radius 2 is 1.58 bits per heavy atom. The van der Waals surface area contributed by atoms with Crippen LogP contribution >= 0.6 is 11.6 Å². The van der Waals surface area contributed by atoms with E-state index in [1.165, 1.54) is 4.90 Å². The first kappa shape index (κ1) is 17.0. The smallest absolute Gasteiger partial charge is 0.407 e. The van der Waals surface area contributed by atoms with Crippen LogP contribution in [0.5, 0.6) is 0 Å². The number of aliphatic hydroxyl groups is 1. The van der Waals surface area contributed by atoms with E-state index in [2.05, 4.69) is 0 Å². The molecule has 0 aromatic heterocycles. The van der Waals surface area contributed by atoms with Crippen LogP contribution in [0.4, 0.5) is 4.79 Å². The maximum absolute atomic E-state index is 13.1. The SMILES string of the molecule is O=C(O)N1CCN(C(=O)C(c2ccc(Cl)cc2)C2(O)CCC2)CC1. The first-order valence-corrected chi connectivity index (χ1v) is 8.53. The van der Waals surface area contributed by atoms with E-state index in [9.17, 15) is 14.7 Å². The minimum Gasteiger partial charge on any atom is -0.465 e. The lowest BCUT2D eigenvalue weighted by Gasteiger charge is -2.45. The van der Waals surface area contributed by atoms with Crippen molar-refractivity contribution in [3.63, 3.8) is 0 Å². The number of carbonyl (C=O) groups excluding carboxylic acids is 1. The number of rotatable bonds is 3. The first-order valence-electron chi connectivity index (χ1n) is 8.15. The molecule has 130 valence electrons. The summed E-state index contributed by atoms with van der Waals surface area (Å²) in [5.74, 6) is -0.760. The molecule has 0 spiro atoms. The van der Waals surface area contributed by atoms with E-state index in [-0.39, 0.29) is 5.91 Å². The summed E-state index contributed by atoms with van der Waals surface area (Å²) >= 11 is 5.93. The molecule has 6 nitrogen and oxygen atoms in total. The summed E-state index contributed by atoms with van der Waals surface area (Å²) in [5, 5.41) is 20.5. The zero-order valence-corrected chi connectivity index (χ0v) is 14.1. The highest BCUT2D eigenvalue weighted by molar-refractivity contribution is 6.30. The number of hydrogen-bond acceptors (Lipinski definition) is 3. The predicted molar refractivity (Wildman–Crippen MR) is 89.2 cm³/mol. The normalized spacial score (nSPS) is 21.1. The van der Waals surface area contributed by atoms with Crippen molar-refractivity contribution in [3.8, 4) is 0 Å². The average Bonchev–Trinajstić information content (AvgIpc) is 2.55. The zero-order valence-electron chi connectivity index (χ0n) is 13.3. The van der Waals surface area contributed by atoms with Crippen LogP contribution in [-0.4, -0.2) is 63.8 Å². The quantitative estimate of drug-likeness (QED) is 0.873. The monoisotopic (exact) mass is 352 g/mol. The van der Waals surface area contributed by atoms with Crippen molar-refractivity contribution in [3.05, 3.63) is 34.9 Å². The molecule has 0 radical (unpaired) electrons. The Labute approximate surface area is 145 Å². The van der Waals surface area contributed by atoms with Gasteiger partial charge in [0.15, 0.2) is 0 Å². The van der Waals surface area contributed by atoms with Gasteiger partial charge in [0.05, 0.1) is 11.5 Å². The van der Waals surface area contributed by atoms with E-state index in [0.29, 0.717) is 44.0 Å². The Kier molecular flexibility index (Phi) is 4.69. The van der Waals surface area contributed by atoms with E-state index < -0.39 is 17.6 Å². The highest BCUT2D eigenvalue weighted by Crippen LogP contribution is 2.44. The standard InChI is InChI=1S/C17H21ClN2O4/c18-13-4-2-12(3-5-13)14(17(24)6-1-7-17)15(21)19-8-10-20(11-9-19)16(22)23/h2-5,14,24H,1,6-11H2,(H,22,23). The first-order chi connectivity index (χ1) is 11.4. The summed E-state index contributed by atoms with van der Waals surface area (Å²) in [6.45, 7) is 1.30. The molecular weight excluding hydrogens is 332 g/mol. The molecule has 1 saturated heterocycles. The minimum atomic E-state index is -1.02. The number of hydrogen-bond donors (Lipinski definition) is 2. The third-order valence-corrected chi connectivity index (χ3v) is 5.32. The maximum atomic E-state index is 13.1. The molecule has 0 bridgehead atoms. The highest BCUT2D eigenvalue weighted by atomic mass is 35.5. The summed E-state index contributed by atoms with van der Waals surface area (Å²) in [5.41, 5.74) is -0.262. The molecule has 2 fully saturated rings. The summed E-state index contributed by atoms with van der Waals surface area (Å²) in [6, 6.07) is 7.02. The fourth-order valence-electron chi connectivity index (χ4n) is 3.47. The second-order valence-corrected chi connectivity index (χ2v) is 6.97. The molecule has 1 aromatic carbocycles. The van der Waals surface area contributed by atoms with Crippen molar-refractivity contribution in [1.82, 2.24) is 9.80 Å². The molecule has 2 N–H and O–H groups in total. The lowest BCUT2D eigenvalue weighted by Crippen LogP contribution is -2.55. The molecule has 1 atom stereocenters. The van der Waals surface area contributed by atoms with Gasteiger partial charge in [-0.25, -0.2) is 4.79 Å². The van der Waals surface area contributed by atoms with Crippen LogP contribution in [0.3, 0.4) is 0 Å². The topological polar surface area (TPSA) is 81.1 Å². The van der Waals surface area contributed by atoms with E-state index in [1.54, 1.807) is 29.2 Å². The molecule has 1 saturated carbocycles. The Morgan fingerprint density at radius 3 is 2.04 bits per heavy atom. The largest absolute Gasteiger partial charge is 0.465 e. The molecule has 2 amide bonds. The van der Waals surface area contributed by atoms with Gasteiger partial charge in [-0.2, -0.15) is 0 Å². The van der Waals surface area contributed by atoms with Gasteiger partial charge in [0.2, 0.25) is 5.91 Å². The average molecular weight is 353 g/mol. The van der Waals surface area contributed by atoms with Crippen LogP contribution in [0.1, 0.15) is 30.7 Å².